The molecule has 2 rings (SSSR count). The number of rotatable bonds is 5. The fourth-order valence-corrected chi connectivity index (χ4v) is 2.68. The standard InChI is InChI=1S/C15H18N2OS/c1-11-4-3-5-13(8-11)17-15(18)10-16-9-14-12(2)6-7-19-14/h3-8,16H,9-10H2,1-2H3,(H,17,18). The van der Waals surface area contributed by atoms with Crippen molar-refractivity contribution in [2.45, 2.75) is 20.4 Å². The lowest BCUT2D eigenvalue weighted by molar-refractivity contribution is -0.115. The second-order valence-electron chi connectivity index (χ2n) is 4.55. The van der Waals surface area contributed by atoms with Gasteiger partial charge in [0.25, 0.3) is 0 Å². The summed E-state index contributed by atoms with van der Waals surface area (Å²) in [7, 11) is 0. The highest BCUT2D eigenvalue weighted by Gasteiger charge is 2.03. The van der Waals surface area contributed by atoms with Crippen molar-refractivity contribution in [2.75, 3.05) is 11.9 Å². The maximum atomic E-state index is 11.8. The van der Waals surface area contributed by atoms with E-state index in [-0.39, 0.29) is 5.91 Å². The average molecular weight is 274 g/mol. The van der Waals surface area contributed by atoms with Crippen molar-refractivity contribution in [3.63, 3.8) is 0 Å². The van der Waals surface area contributed by atoms with Crippen LogP contribution in [0.4, 0.5) is 5.69 Å². The summed E-state index contributed by atoms with van der Waals surface area (Å²) in [6, 6.07) is 9.89. The molecule has 19 heavy (non-hydrogen) atoms. The van der Waals surface area contributed by atoms with Gasteiger partial charge in [-0.15, -0.1) is 11.3 Å². The summed E-state index contributed by atoms with van der Waals surface area (Å²) >= 11 is 1.71. The van der Waals surface area contributed by atoms with Crippen molar-refractivity contribution in [2.24, 2.45) is 0 Å². The van der Waals surface area contributed by atoms with E-state index in [2.05, 4.69) is 29.0 Å². The summed E-state index contributed by atoms with van der Waals surface area (Å²) in [5.41, 5.74) is 3.26. The van der Waals surface area contributed by atoms with Gasteiger partial charge >= 0.3 is 0 Å². The highest BCUT2D eigenvalue weighted by molar-refractivity contribution is 7.10. The van der Waals surface area contributed by atoms with E-state index < -0.39 is 0 Å². The van der Waals surface area contributed by atoms with E-state index >= 15 is 0 Å². The molecule has 2 aromatic rings. The Balaban J connectivity index is 1.77. The van der Waals surface area contributed by atoms with E-state index in [0.29, 0.717) is 6.54 Å². The highest BCUT2D eigenvalue weighted by Crippen LogP contribution is 2.14. The van der Waals surface area contributed by atoms with E-state index in [4.69, 9.17) is 0 Å². The van der Waals surface area contributed by atoms with Crippen molar-refractivity contribution >= 4 is 22.9 Å². The molecule has 0 atom stereocenters. The van der Waals surface area contributed by atoms with E-state index in [1.54, 1.807) is 11.3 Å². The number of carbonyl (C=O) groups is 1. The second-order valence-corrected chi connectivity index (χ2v) is 5.55. The number of thiophene rings is 1. The SMILES string of the molecule is Cc1cccc(NC(=O)CNCc2sccc2C)c1. The summed E-state index contributed by atoms with van der Waals surface area (Å²) in [4.78, 5) is 13.0. The first-order valence-electron chi connectivity index (χ1n) is 6.25. The topological polar surface area (TPSA) is 41.1 Å². The van der Waals surface area contributed by atoms with Crippen molar-refractivity contribution in [3.8, 4) is 0 Å². The molecule has 1 heterocycles. The van der Waals surface area contributed by atoms with E-state index in [9.17, 15) is 4.79 Å². The lowest BCUT2D eigenvalue weighted by atomic mass is 10.2. The van der Waals surface area contributed by atoms with Gasteiger partial charge in [0.15, 0.2) is 0 Å². The summed E-state index contributed by atoms with van der Waals surface area (Å²) in [5.74, 6) is -0.0141. The molecule has 3 nitrogen and oxygen atoms in total. The van der Waals surface area contributed by atoms with Gasteiger partial charge in [-0.3, -0.25) is 4.79 Å². The van der Waals surface area contributed by atoms with Crippen LogP contribution < -0.4 is 10.6 Å². The third-order valence-corrected chi connectivity index (χ3v) is 3.86. The van der Waals surface area contributed by atoms with Crippen molar-refractivity contribution in [1.82, 2.24) is 5.32 Å². The molecular weight excluding hydrogens is 256 g/mol. The molecule has 0 unspecified atom stereocenters. The van der Waals surface area contributed by atoms with E-state index in [1.807, 2.05) is 31.2 Å². The lowest BCUT2D eigenvalue weighted by Gasteiger charge is -2.07. The average Bonchev–Trinajstić information content (AvgIpc) is 2.75. The third-order valence-electron chi connectivity index (χ3n) is 2.84. The number of hydrogen-bond acceptors (Lipinski definition) is 3. The maximum Gasteiger partial charge on any atom is 0.238 e. The van der Waals surface area contributed by atoms with Gasteiger partial charge in [0.1, 0.15) is 0 Å². The van der Waals surface area contributed by atoms with E-state index in [1.165, 1.54) is 10.4 Å². The van der Waals surface area contributed by atoms with E-state index in [0.717, 1.165) is 17.8 Å². The van der Waals surface area contributed by atoms with Gasteiger partial charge in [0.05, 0.1) is 6.54 Å². The third kappa shape index (κ3) is 4.19. The van der Waals surface area contributed by atoms with Crippen LogP contribution in [0.2, 0.25) is 0 Å². The summed E-state index contributed by atoms with van der Waals surface area (Å²) < 4.78 is 0. The number of benzene rings is 1. The summed E-state index contributed by atoms with van der Waals surface area (Å²) in [5, 5.41) is 8.11. The quantitative estimate of drug-likeness (QED) is 0.879. The smallest absolute Gasteiger partial charge is 0.238 e. The number of hydrogen-bond donors (Lipinski definition) is 2. The molecular formula is C15H18N2OS. The minimum absolute atomic E-state index is 0.0141. The van der Waals surface area contributed by atoms with Gasteiger partial charge in [0.2, 0.25) is 5.91 Å². The molecule has 0 radical (unpaired) electrons. The first-order chi connectivity index (χ1) is 9.15. The van der Waals surface area contributed by atoms with Crippen molar-refractivity contribution in [3.05, 3.63) is 51.7 Å². The predicted molar refractivity (Wildman–Crippen MR) is 80.6 cm³/mol. The summed E-state index contributed by atoms with van der Waals surface area (Å²) in [6.07, 6.45) is 0. The Morgan fingerprint density at radius 3 is 2.79 bits per heavy atom. The van der Waals surface area contributed by atoms with Crippen LogP contribution in [0.1, 0.15) is 16.0 Å². The molecule has 1 aromatic heterocycles. The number of carbonyl (C=O) groups excluding carboxylic acids is 1. The highest BCUT2D eigenvalue weighted by atomic mass is 32.1. The van der Waals surface area contributed by atoms with Gasteiger partial charge in [-0.1, -0.05) is 12.1 Å². The van der Waals surface area contributed by atoms with Crippen LogP contribution in [-0.2, 0) is 11.3 Å². The van der Waals surface area contributed by atoms with Crippen LogP contribution in [0, 0.1) is 13.8 Å². The largest absolute Gasteiger partial charge is 0.325 e. The molecule has 0 saturated heterocycles. The van der Waals surface area contributed by atoms with Crippen molar-refractivity contribution < 1.29 is 4.79 Å². The molecule has 0 aliphatic carbocycles. The molecule has 0 aliphatic heterocycles. The fraction of sp³-hybridized carbons (Fsp3) is 0.267. The zero-order chi connectivity index (χ0) is 13.7. The Kier molecular flexibility index (Phi) is 4.71. The molecule has 0 saturated carbocycles. The normalized spacial score (nSPS) is 10.4. The van der Waals surface area contributed by atoms with Gasteiger partial charge in [-0.05, 0) is 48.6 Å². The molecule has 4 heteroatoms. The van der Waals surface area contributed by atoms with Crippen LogP contribution in [0.25, 0.3) is 0 Å². The van der Waals surface area contributed by atoms with Crippen LogP contribution in [-0.4, -0.2) is 12.5 Å². The minimum Gasteiger partial charge on any atom is -0.325 e. The maximum absolute atomic E-state index is 11.8. The minimum atomic E-state index is -0.0141. The summed E-state index contributed by atoms with van der Waals surface area (Å²) in [6.45, 7) is 5.16. The Morgan fingerprint density at radius 1 is 1.26 bits per heavy atom. The monoisotopic (exact) mass is 274 g/mol. The van der Waals surface area contributed by atoms with Gasteiger partial charge in [-0.2, -0.15) is 0 Å². The van der Waals surface area contributed by atoms with Crippen LogP contribution in [0.15, 0.2) is 35.7 Å². The number of anilines is 1. The zero-order valence-corrected chi connectivity index (χ0v) is 12.0. The molecule has 100 valence electrons. The zero-order valence-electron chi connectivity index (χ0n) is 11.2. The Hall–Kier alpha value is -1.65. The predicted octanol–water partition coefficient (Wildman–Crippen LogP) is 3.09. The van der Waals surface area contributed by atoms with Crippen LogP contribution >= 0.6 is 11.3 Å². The first kappa shape index (κ1) is 13.8. The number of nitrogens with one attached hydrogen (secondary N) is 2. The molecule has 0 spiro atoms. The molecule has 1 amide bonds. The Morgan fingerprint density at radius 2 is 2.11 bits per heavy atom. The van der Waals surface area contributed by atoms with Gasteiger partial charge in [-0.25, -0.2) is 0 Å². The number of amides is 1. The van der Waals surface area contributed by atoms with Crippen LogP contribution in [0.5, 0.6) is 0 Å². The molecule has 1 aromatic carbocycles. The van der Waals surface area contributed by atoms with Crippen LogP contribution in [0.3, 0.4) is 0 Å². The molecule has 0 aliphatic rings. The second kappa shape index (κ2) is 6.50. The molecule has 0 bridgehead atoms. The lowest BCUT2D eigenvalue weighted by Crippen LogP contribution is -2.27. The Bertz CT molecular complexity index is 563. The van der Waals surface area contributed by atoms with Crippen molar-refractivity contribution in [1.29, 1.82) is 0 Å². The van der Waals surface area contributed by atoms with Gasteiger partial charge < -0.3 is 10.6 Å². The fourth-order valence-electron chi connectivity index (χ4n) is 1.80. The first-order valence-corrected chi connectivity index (χ1v) is 7.13. The molecule has 0 fully saturated rings. The number of aryl methyl sites for hydroxylation is 2. The molecule has 2 N–H and O–H groups in total. The Labute approximate surface area is 117 Å². The van der Waals surface area contributed by atoms with Gasteiger partial charge in [0, 0.05) is 17.1 Å².